The van der Waals surface area contributed by atoms with Gasteiger partial charge in [-0.3, -0.25) is 9.69 Å². The van der Waals surface area contributed by atoms with Crippen molar-refractivity contribution >= 4 is 43.8 Å². The van der Waals surface area contributed by atoms with Crippen molar-refractivity contribution in [1.82, 2.24) is 4.90 Å². The highest BCUT2D eigenvalue weighted by atomic mass is 79.9. The number of amidine groups is 1. The minimum Gasteiger partial charge on any atom is -0.455 e. The number of fused-ring (bicyclic) bond motifs is 3. The first-order valence-corrected chi connectivity index (χ1v) is 14.5. The molecule has 2 fully saturated rings. The van der Waals surface area contributed by atoms with Gasteiger partial charge in [0.2, 0.25) is 0 Å². The number of amides is 1. The third kappa shape index (κ3) is 4.35. The van der Waals surface area contributed by atoms with Crippen molar-refractivity contribution in [2.24, 2.45) is 4.99 Å². The monoisotopic (exact) mass is 654 g/mol. The van der Waals surface area contributed by atoms with Crippen molar-refractivity contribution in [2.45, 2.75) is 46.3 Å². The van der Waals surface area contributed by atoms with Gasteiger partial charge in [-0.05, 0) is 23.6 Å². The molecule has 0 spiro atoms. The summed E-state index contributed by atoms with van der Waals surface area (Å²) in [5, 5.41) is 0. The zero-order chi connectivity index (χ0) is 27.2. The van der Waals surface area contributed by atoms with E-state index in [4.69, 9.17) is 18.9 Å². The summed E-state index contributed by atoms with van der Waals surface area (Å²) in [5.74, 6) is -0.357. The first-order chi connectivity index (χ1) is 18.9. The summed E-state index contributed by atoms with van der Waals surface area (Å²) < 4.78 is 24.4. The fourth-order valence-electron chi connectivity index (χ4n) is 5.66. The van der Waals surface area contributed by atoms with Crippen molar-refractivity contribution in [1.29, 1.82) is 0 Å². The molecular weight excluding hydrogens is 628 g/mol. The molecule has 202 valence electrons. The Kier molecular flexibility index (Phi) is 7.14. The molecule has 3 aromatic rings. The summed E-state index contributed by atoms with van der Waals surface area (Å²) >= 11 is 7.33. The fourth-order valence-corrected chi connectivity index (χ4v) is 6.80. The number of alkyl halides is 2. The molecule has 3 heterocycles. The normalized spacial score (nSPS) is 29.9. The van der Waals surface area contributed by atoms with Gasteiger partial charge in [-0.2, -0.15) is 4.99 Å². The van der Waals surface area contributed by atoms with Crippen LogP contribution in [0.1, 0.15) is 23.6 Å². The van der Waals surface area contributed by atoms with Crippen molar-refractivity contribution < 1.29 is 23.7 Å². The number of nitrogens with zero attached hydrogens (tertiary/aromatic N) is 2. The second kappa shape index (κ2) is 10.4. The molecule has 0 unspecified atom stereocenters. The third-order valence-corrected chi connectivity index (χ3v) is 9.40. The number of ether oxygens (including phenoxy) is 4. The molecule has 0 saturated carbocycles. The standard InChI is InChI=1S/C30H28Br2N2O5/c1-29(32)26(35)33-28-34(27(29)36-2)25-24(39-28)23(31)22(38-25)18-37-30(19-12-6-3-7-13-19,20-14-8-4-9-15-20)21-16-10-5-11-17-21/h3-17,22-25,27H,18H2,1-2H3/t22-,23-,24+,25-,27+,29-/m1/s1. The minimum absolute atomic E-state index is 0.217. The zero-order valence-electron chi connectivity index (χ0n) is 21.4. The van der Waals surface area contributed by atoms with E-state index in [0.29, 0.717) is 0 Å². The van der Waals surface area contributed by atoms with E-state index in [2.05, 4.69) is 73.3 Å². The molecule has 0 radical (unpaired) electrons. The highest BCUT2D eigenvalue weighted by Crippen LogP contribution is 2.45. The van der Waals surface area contributed by atoms with Crippen molar-refractivity contribution in [3.8, 4) is 0 Å². The summed E-state index contributed by atoms with van der Waals surface area (Å²) in [5.41, 5.74) is 2.18. The molecule has 6 atom stereocenters. The molecular formula is C30H28Br2N2O5. The van der Waals surface area contributed by atoms with E-state index in [1.54, 1.807) is 18.9 Å². The smallest absolute Gasteiger partial charge is 0.300 e. The van der Waals surface area contributed by atoms with E-state index in [-0.39, 0.29) is 29.5 Å². The predicted octanol–water partition coefficient (Wildman–Crippen LogP) is 5.21. The lowest BCUT2D eigenvalue weighted by Crippen LogP contribution is -2.59. The molecule has 0 aliphatic carbocycles. The highest BCUT2D eigenvalue weighted by molar-refractivity contribution is 9.10. The van der Waals surface area contributed by atoms with Gasteiger partial charge in [0.25, 0.3) is 11.9 Å². The second-order valence-corrected chi connectivity index (χ2v) is 12.7. The first kappa shape index (κ1) is 26.7. The molecule has 1 amide bonds. The Hall–Kier alpha value is -2.56. The lowest BCUT2D eigenvalue weighted by molar-refractivity contribution is -0.144. The van der Waals surface area contributed by atoms with Crippen molar-refractivity contribution in [2.75, 3.05) is 13.7 Å². The van der Waals surface area contributed by atoms with E-state index in [1.165, 1.54) is 0 Å². The Morgan fingerprint density at radius 3 is 1.95 bits per heavy atom. The van der Waals surface area contributed by atoms with Crippen LogP contribution in [-0.2, 0) is 29.3 Å². The van der Waals surface area contributed by atoms with Gasteiger partial charge in [0.15, 0.2) is 18.6 Å². The number of halogens is 2. The highest BCUT2D eigenvalue weighted by Gasteiger charge is 2.62. The number of carbonyl (C=O) groups is 1. The Bertz CT molecular complexity index is 1260. The van der Waals surface area contributed by atoms with Gasteiger partial charge in [-0.25, -0.2) is 0 Å². The molecule has 9 heteroatoms. The van der Waals surface area contributed by atoms with Crippen molar-refractivity contribution in [3.05, 3.63) is 108 Å². The number of benzene rings is 3. The van der Waals surface area contributed by atoms with Gasteiger partial charge in [-0.15, -0.1) is 0 Å². The Labute approximate surface area is 244 Å². The quantitative estimate of drug-likeness (QED) is 0.257. The molecule has 3 aliphatic heterocycles. The summed E-state index contributed by atoms with van der Waals surface area (Å²) in [4.78, 5) is 18.4. The minimum atomic E-state index is -1.04. The molecule has 3 aliphatic rings. The van der Waals surface area contributed by atoms with Crippen LogP contribution in [0.2, 0.25) is 0 Å². The van der Waals surface area contributed by atoms with Crippen LogP contribution < -0.4 is 0 Å². The van der Waals surface area contributed by atoms with Crippen LogP contribution in [0.3, 0.4) is 0 Å². The Morgan fingerprint density at radius 1 is 0.949 bits per heavy atom. The van der Waals surface area contributed by atoms with E-state index >= 15 is 0 Å². The predicted molar refractivity (Wildman–Crippen MR) is 154 cm³/mol. The van der Waals surface area contributed by atoms with Gasteiger partial charge in [-0.1, -0.05) is 123 Å². The molecule has 3 aromatic carbocycles. The van der Waals surface area contributed by atoms with Gasteiger partial charge < -0.3 is 18.9 Å². The van der Waals surface area contributed by atoms with Crippen LogP contribution in [0.4, 0.5) is 0 Å². The lowest BCUT2D eigenvalue weighted by atomic mass is 9.80. The second-order valence-electron chi connectivity index (χ2n) is 9.95. The lowest BCUT2D eigenvalue weighted by Gasteiger charge is -2.40. The molecule has 39 heavy (non-hydrogen) atoms. The zero-order valence-corrected chi connectivity index (χ0v) is 24.6. The maximum absolute atomic E-state index is 12.6. The van der Waals surface area contributed by atoms with Crippen molar-refractivity contribution in [3.63, 3.8) is 0 Å². The Balaban J connectivity index is 1.34. The number of carbonyl (C=O) groups excluding carboxylic acids is 1. The molecule has 2 saturated heterocycles. The summed E-state index contributed by atoms with van der Waals surface area (Å²) in [7, 11) is 1.56. The summed E-state index contributed by atoms with van der Waals surface area (Å²) in [6, 6.07) is 30.9. The van der Waals surface area contributed by atoms with E-state index in [9.17, 15) is 4.79 Å². The van der Waals surface area contributed by atoms with Crippen LogP contribution in [0, 0.1) is 0 Å². The molecule has 0 bridgehead atoms. The van der Waals surface area contributed by atoms with Crippen LogP contribution in [-0.4, -0.2) is 64.4 Å². The number of rotatable bonds is 7. The van der Waals surface area contributed by atoms with E-state index in [1.807, 2.05) is 54.6 Å². The topological polar surface area (TPSA) is 69.6 Å². The maximum atomic E-state index is 12.6. The van der Waals surface area contributed by atoms with Gasteiger partial charge in [0, 0.05) is 7.11 Å². The summed E-state index contributed by atoms with van der Waals surface area (Å²) in [6.45, 7) is 2.01. The SMILES string of the molecule is CO[C@@H]1N2C(=NC(=O)[C@@]1(C)Br)O[C@H]1[C@H](Br)[C@@H](COC(c3ccccc3)(c3ccccc3)c3ccccc3)O[C@H]12. The van der Waals surface area contributed by atoms with Crippen LogP contribution in [0.25, 0.3) is 0 Å². The maximum Gasteiger partial charge on any atom is 0.300 e. The number of hydrogen-bond acceptors (Lipinski definition) is 6. The first-order valence-electron chi connectivity index (χ1n) is 12.8. The number of aliphatic imine (C=N–C) groups is 1. The van der Waals surface area contributed by atoms with Gasteiger partial charge >= 0.3 is 0 Å². The van der Waals surface area contributed by atoms with Gasteiger partial charge in [0.1, 0.15) is 9.93 Å². The number of methoxy groups -OCH3 is 1. The van der Waals surface area contributed by atoms with Gasteiger partial charge in [0.05, 0.1) is 17.5 Å². The molecule has 0 N–H and O–H groups in total. The average molecular weight is 656 g/mol. The Morgan fingerprint density at radius 2 is 1.46 bits per heavy atom. The molecule has 6 rings (SSSR count). The van der Waals surface area contributed by atoms with Crippen LogP contribution in [0.15, 0.2) is 96.0 Å². The largest absolute Gasteiger partial charge is 0.455 e. The van der Waals surface area contributed by atoms with Crippen LogP contribution >= 0.6 is 31.9 Å². The molecule has 7 nitrogen and oxygen atoms in total. The summed E-state index contributed by atoms with van der Waals surface area (Å²) in [6.07, 6.45) is -1.90. The van der Waals surface area contributed by atoms with E-state index in [0.717, 1.165) is 16.7 Å². The van der Waals surface area contributed by atoms with Crippen LogP contribution in [0.5, 0.6) is 0 Å². The third-order valence-electron chi connectivity index (χ3n) is 7.56. The fraction of sp³-hybridized carbons (Fsp3) is 0.333. The number of hydrogen-bond donors (Lipinski definition) is 0. The molecule has 0 aromatic heterocycles. The average Bonchev–Trinajstić information content (AvgIpc) is 3.46. The van der Waals surface area contributed by atoms with E-state index < -0.39 is 28.5 Å².